The van der Waals surface area contributed by atoms with Crippen LogP contribution in [0.4, 0.5) is 18.9 Å². The Labute approximate surface area is 119 Å². The first-order chi connectivity index (χ1) is 8.97. The SMILES string of the molecule is COC(CN)C(=O)Nc1ccc(OC(F)F)c(F)c1.Cl. The molecule has 5 nitrogen and oxygen atoms in total. The van der Waals surface area contributed by atoms with Crippen LogP contribution in [0.1, 0.15) is 0 Å². The zero-order chi connectivity index (χ0) is 14.4. The molecule has 3 N–H and O–H groups in total. The van der Waals surface area contributed by atoms with E-state index in [9.17, 15) is 18.0 Å². The molecule has 0 heterocycles. The van der Waals surface area contributed by atoms with Crippen LogP contribution >= 0.6 is 12.4 Å². The highest BCUT2D eigenvalue weighted by molar-refractivity contribution is 5.94. The lowest BCUT2D eigenvalue weighted by atomic mass is 10.2. The highest BCUT2D eigenvalue weighted by Gasteiger charge is 2.17. The number of anilines is 1. The van der Waals surface area contributed by atoms with E-state index in [0.717, 1.165) is 12.1 Å². The van der Waals surface area contributed by atoms with Crippen LogP contribution in [0.15, 0.2) is 18.2 Å². The van der Waals surface area contributed by atoms with Crippen molar-refractivity contribution >= 4 is 24.0 Å². The Bertz CT molecular complexity index is 445. The maximum Gasteiger partial charge on any atom is 0.387 e. The lowest BCUT2D eigenvalue weighted by molar-refractivity contribution is -0.125. The van der Waals surface area contributed by atoms with Gasteiger partial charge in [-0.2, -0.15) is 8.78 Å². The molecule has 0 aliphatic rings. The first-order valence-corrected chi connectivity index (χ1v) is 5.26. The number of halogens is 4. The Morgan fingerprint density at radius 3 is 2.55 bits per heavy atom. The first kappa shape index (κ1) is 18.5. The summed E-state index contributed by atoms with van der Waals surface area (Å²) in [5, 5.41) is 2.34. The van der Waals surface area contributed by atoms with Crippen LogP contribution in [-0.4, -0.2) is 32.3 Å². The number of carbonyl (C=O) groups excluding carboxylic acids is 1. The number of amides is 1. The van der Waals surface area contributed by atoms with E-state index in [1.54, 1.807) is 0 Å². The number of rotatable bonds is 6. The summed E-state index contributed by atoms with van der Waals surface area (Å²) >= 11 is 0. The van der Waals surface area contributed by atoms with E-state index >= 15 is 0 Å². The monoisotopic (exact) mass is 314 g/mol. The lowest BCUT2D eigenvalue weighted by Crippen LogP contribution is -2.35. The molecule has 1 rings (SSSR count). The molecular formula is C11H14ClF3N2O3. The van der Waals surface area contributed by atoms with Crippen LogP contribution in [0.3, 0.4) is 0 Å². The summed E-state index contributed by atoms with van der Waals surface area (Å²) in [6, 6.07) is 3.07. The third-order valence-electron chi connectivity index (χ3n) is 2.21. The van der Waals surface area contributed by atoms with Gasteiger partial charge in [0.15, 0.2) is 11.6 Å². The highest BCUT2D eigenvalue weighted by atomic mass is 35.5. The van der Waals surface area contributed by atoms with Crippen LogP contribution in [0, 0.1) is 5.82 Å². The van der Waals surface area contributed by atoms with Crippen LogP contribution < -0.4 is 15.8 Å². The molecule has 0 aliphatic heterocycles. The van der Waals surface area contributed by atoms with Gasteiger partial charge >= 0.3 is 6.61 Å². The number of alkyl halides is 2. The van der Waals surface area contributed by atoms with Crippen molar-refractivity contribution in [3.8, 4) is 5.75 Å². The van der Waals surface area contributed by atoms with Gasteiger partial charge in [0.05, 0.1) is 0 Å². The van der Waals surface area contributed by atoms with E-state index in [0.29, 0.717) is 0 Å². The number of nitrogens with two attached hydrogens (primary N) is 1. The van der Waals surface area contributed by atoms with Gasteiger partial charge in [-0.15, -0.1) is 12.4 Å². The van der Waals surface area contributed by atoms with Gasteiger partial charge in [-0.3, -0.25) is 4.79 Å². The standard InChI is InChI=1S/C11H13F3N2O3.ClH/c1-18-9(5-15)10(17)16-6-2-3-8(7(12)4-6)19-11(13)14;/h2-4,9,11H,5,15H2,1H3,(H,16,17);1H. The van der Waals surface area contributed by atoms with Gasteiger partial charge < -0.3 is 20.5 Å². The first-order valence-electron chi connectivity index (χ1n) is 5.26. The summed E-state index contributed by atoms with van der Waals surface area (Å²) in [7, 11) is 1.30. The highest BCUT2D eigenvalue weighted by Crippen LogP contribution is 2.22. The quantitative estimate of drug-likeness (QED) is 0.839. The minimum absolute atomic E-state index is 0. The van der Waals surface area contributed by atoms with Gasteiger partial charge in [-0.05, 0) is 12.1 Å². The molecule has 0 aromatic heterocycles. The zero-order valence-corrected chi connectivity index (χ0v) is 11.3. The Morgan fingerprint density at radius 2 is 2.10 bits per heavy atom. The number of ether oxygens (including phenoxy) is 2. The van der Waals surface area contributed by atoms with Gasteiger partial charge in [0.2, 0.25) is 0 Å². The summed E-state index contributed by atoms with van der Waals surface area (Å²) < 4.78 is 45.9. The molecule has 0 radical (unpaired) electrons. The molecule has 1 aromatic carbocycles. The van der Waals surface area contributed by atoms with E-state index in [2.05, 4.69) is 10.1 Å². The molecule has 114 valence electrons. The molecule has 1 aromatic rings. The van der Waals surface area contributed by atoms with Crippen molar-refractivity contribution in [1.82, 2.24) is 0 Å². The average molecular weight is 315 g/mol. The molecule has 0 saturated carbocycles. The van der Waals surface area contributed by atoms with E-state index in [-0.39, 0.29) is 24.6 Å². The van der Waals surface area contributed by atoms with Gasteiger partial charge in [-0.1, -0.05) is 0 Å². The van der Waals surface area contributed by atoms with Gasteiger partial charge in [0, 0.05) is 25.4 Å². The molecule has 0 bridgehead atoms. The predicted octanol–water partition coefficient (Wildman–Crippen LogP) is 1.76. The summed E-state index contributed by atoms with van der Waals surface area (Å²) in [6.45, 7) is -3.16. The van der Waals surface area contributed by atoms with Crippen molar-refractivity contribution in [3.05, 3.63) is 24.0 Å². The van der Waals surface area contributed by atoms with Crippen LogP contribution in [-0.2, 0) is 9.53 Å². The molecule has 9 heteroatoms. The van der Waals surface area contributed by atoms with Gasteiger partial charge in [0.1, 0.15) is 6.10 Å². The van der Waals surface area contributed by atoms with Crippen molar-refractivity contribution in [2.24, 2.45) is 5.73 Å². The molecule has 0 spiro atoms. The smallest absolute Gasteiger partial charge is 0.387 e. The molecular weight excluding hydrogens is 301 g/mol. The maximum atomic E-state index is 13.4. The van der Waals surface area contributed by atoms with Crippen LogP contribution in [0.25, 0.3) is 0 Å². The van der Waals surface area contributed by atoms with Crippen molar-refractivity contribution in [3.63, 3.8) is 0 Å². The molecule has 20 heavy (non-hydrogen) atoms. The Hall–Kier alpha value is -1.51. The van der Waals surface area contributed by atoms with E-state index in [1.807, 2.05) is 0 Å². The second-order valence-corrected chi connectivity index (χ2v) is 3.47. The Kier molecular flexibility index (Phi) is 7.97. The van der Waals surface area contributed by atoms with Crippen molar-refractivity contribution in [2.75, 3.05) is 19.0 Å². The molecule has 1 atom stereocenters. The third kappa shape index (κ3) is 5.24. The molecule has 0 aliphatic carbocycles. The average Bonchev–Trinajstić information content (AvgIpc) is 2.33. The Morgan fingerprint density at radius 1 is 1.45 bits per heavy atom. The molecule has 1 amide bonds. The summed E-state index contributed by atoms with van der Waals surface area (Å²) in [5.41, 5.74) is 5.37. The van der Waals surface area contributed by atoms with Crippen LogP contribution in [0.2, 0.25) is 0 Å². The van der Waals surface area contributed by atoms with Crippen molar-refractivity contribution < 1.29 is 27.4 Å². The lowest BCUT2D eigenvalue weighted by Gasteiger charge is -2.13. The van der Waals surface area contributed by atoms with Crippen molar-refractivity contribution in [2.45, 2.75) is 12.7 Å². The van der Waals surface area contributed by atoms with Gasteiger partial charge in [-0.25, -0.2) is 4.39 Å². The number of hydrogen-bond acceptors (Lipinski definition) is 4. The fourth-order valence-electron chi connectivity index (χ4n) is 1.30. The normalized spacial score (nSPS) is 11.7. The van der Waals surface area contributed by atoms with Crippen molar-refractivity contribution in [1.29, 1.82) is 0 Å². The third-order valence-corrected chi connectivity index (χ3v) is 2.21. The predicted molar refractivity (Wildman–Crippen MR) is 68.8 cm³/mol. The number of benzene rings is 1. The summed E-state index contributed by atoms with van der Waals surface area (Å²) in [6.07, 6.45) is -0.875. The number of carbonyl (C=O) groups is 1. The van der Waals surface area contributed by atoms with E-state index in [1.165, 1.54) is 13.2 Å². The number of hydrogen-bond donors (Lipinski definition) is 2. The zero-order valence-electron chi connectivity index (χ0n) is 10.4. The van der Waals surface area contributed by atoms with E-state index in [4.69, 9.17) is 10.5 Å². The fourth-order valence-corrected chi connectivity index (χ4v) is 1.30. The molecule has 0 fully saturated rings. The fraction of sp³-hybridized carbons (Fsp3) is 0.364. The maximum absolute atomic E-state index is 13.4. The van der Waals surface area contributed by atoms with Crippen LogP contribution in [0.5, 0.6) is 5.75 Å². The minimum Gasteiger partial charge on any atom is -0.432 e. The number of methoxy groups -OCH3 is 1. The molecule has 1 unspecified atom stereocenters. The van der Waals surface area contributed by atoms with E-state index < -0.39 is 30.2 Å². The summed E-state index contributed by atoms with van der Waals surface area (Å²) in [5.74, 6) is -2.18. The molecule has 0 saturated heterocycles. The number of nitrogens with one attached hydrogen (secondary N) is 1. The minimum atomic E-state index is -3.12. The largest absolute Gasteiger partial charge is 0.432 e. The Balaban J connectivity index is 0.00000361. The summed E-state index contributed by atoms with van der Waals surface area (Å²) in [4.78, 5) is 11.6. The second kappa shape index (κ2) is 8.62. The van der Waals surface area contributed by atoms with Gasteiger partial charge in [0.25, 0.3) is 5.91 Å². The topological polar surface area (TPSA) is 73.6 Å². The second-order valence-electron chi connectivity index (χ2n) is 3.47.